The van der Waals surface area contributed by atoms with Crippen LogP contribution < -0.4 is 9.04 Å². The Morgan fingerprint density at radius 2 is 1.65 bits per heavy atom. The first-order chi connectivity index (χ1) is 16.0. The van der Waals surface area contributed by atoms with Gasteiger partial charge in [-0.15, -0.1) is 0 Å². The number of carbonyl (C=O) groups is 2. The zero-order valence-electron chi connectivity index (χ0n) is 19.9. The van der Waals surface area contributed by atoms with Crippen LogP contribution in [0.5, 0.6) is 5.75 Å². The lowest BCUT2D eigenvalue weighted by Gasteiger charge is -2.36. The van der Waals surface area contributed by atoms with Crippen LogP contribution in [0.3, 0.4) is 0 Å². The largest absolute Gasteiger partial charge is 0.495 e. The van der Waals surface area contributed by atoms with Gasteiger partial charge in [-0.2, -0.15) is 0 Å². The maximum absolute atomic E-state index is 13.1. The minimum absolute atomic E-state index is 0.00197. The van der Waals surface area contributed by atoms with E-state index in [1.165, 1.54) is 45.3 Å². The third-order valence-corrected chi connectivity index (χ3v) is 7.32. The number of sulfonamides is 1. The standard InChI is InChI=1S/C24H30N2O7S/c1-16-14-26(15-17(2)32-16)23(27)18(3)33-24(28)19-10-12-20(13-11-19)34(29,30)25(4)21-8-6-7-9-22(21)31-5/h6-13,16-18H,14-15H2,1-5H3. The summed E-state index contributed by atoms with van der Waals surface area (Å²) in [6, 6.07) is 12.1. The number of morpholine rings is 1. The summed E-state index contributed by atoms with van der Waals surface area (Å²) in [7, 11) is -1.01. The van der Waals surface area contributed by atoms with E-state index in [0.717, 1.165) is 4.31 Å². The van der Waals surface area contributed by atoms with Gasteiger partial charge in [-0.05, 0) is 57.2 Å². The molecule has 2 aromatic rings. The maximum atomic E-state index is 13.1. The van der Waals surface area contributed by atoms with E-state index in [-0.39, 0.29) is 28.6 Å². The van der Waals surface area contributed by atoms with Gasteiger partial charge >= 0.3 is 5.97 Å². The number of para-hydroxylation sites is 2. The van der Waals surface area contributed by atoms with Crippen LogP contribution in [0.2, 0.25) is 0 Å². The summed E-state index contributed by atoms with van der Waals surface area (Å²) >= 11 is 0. The van der Waals surface area contributed by atoms with Gasteiger partial charge in [0.1, 0.15) is 5.75 Å². The molecular formula is C24H30N2O7S. The first kappa shape index (κ1) is 25.5. The van der Waals surface area contributed by atoms with Crippen LogP contribution in [0.4, 0.5) is 5.69 Å². The molecule has 2 aromatic carbocycles. The molecule has 9 nitrogen and oxygen atoms in total. The van der Waals surface area contributed by atoms with Gasteiger partial charge in [0.15, 0.2) is 6.10 Å². The molecule has 0 aromatic heterocycles. The van der Waals surface area contributed by atoms with Gasteiger partial charge in [0.2, 0.25) is 0 Å². The fraction of sp³-hybridized carbons (Fsp3) is 0.417. The van der Waals surface area contributed by atoms with Gasteiger partial charge in [-0.1, -0.05) is 12.1 Å². The highest BCUT2D eigenvalue weighted by molar-refractivity contribution is 7.92. The second-order valence-electron chi connectivity index (χ2n) is 8.22. The number of hydrogen-bond acceptors (Lipinski definition) is 7. The average molecular weight is 491 g/mol. The quantitative estimate of drug-likeness (QED) is 0.550. The van der Waals surface area contributed by atoms with Gasteiger partial charge in [-0.25, -0.2) is 13.2 Å². The van der Waals surface area contributed by atoms with Gasteiger partial charge in [0.05, 0.1) is 35.5 Å². The molecule has 0 aliphatic carbocycles. The summed E-state index contributed by atoms with van der Waals surface area (Å²) in [5.41, 5.74) is 0.523. The lowest BCUT2D eigenvalue weighted by molar-refractivity contribution is -0.151. The van der Waals surface area contributed by atoms with E-state index in [2.05, 4.69) is 0 Å². The topological polar surface area (TPSA) is 102 Å². The van der Waals surface area contributed by atoms with Crippen LogP contribution in [-0.4, -0.2) is 70.8 Å². The van der Waals surface area contributed by atoms with Gasteiger partial charge < -0.3 is 19.1 Å². The lowest BCUT2D eigenvalue weighted by Crippen LogP contribution is -2.51. The lowest BCUT2D eigenvalue weighted by atomic mass is 10.2. The van der Waals surface area contributed by atoms with Crippen molar-refractivity contribution < 1.29 is 32.2 Å². The molecule has 10 heteroatoms. The van der Waals surface area contributed by atoms with E-state index in [9.17, 15) is 18.0 Å². The Kier molecular flexibility index (Phi) is 7.83. The molecule has 1 saturated heterocycles. The highest BCUT2D eigenvalue weighted by Gasteiger charge is 2.31. The number of esters is 1. The van der Waals surface area contributed by atoms with Gasteiger partial charge in [0, 0.05) is 20.1 Å². The summed E-state index contributed by atoms with van der Waals surface area (Å²) in [6.45, 7) is 6.14. The fourth-order valence-corrected chi connectivity index (χ4v) is 5.04. The Hall–Kier alpha value is -3.11. The monoisotopic (exact) mass is 490 g/mol. The highest BCUT2D eigenvalue weighted by Crippen LogP contribution is 2.31. The van der Waals surface area contributed by atoms with Crippen LogP contribution >= 0.6 is 0 Å². The molecule has 0 saturated carbocycles. The zero-order chi connectivity index (χ0) is 25.0. The summed E-state index contributed by atoms with van der Waals surface area (Å²) in [4.78, 5) is 26.9. The molecule has 34 heavy (non-hydrogen) atoms. The normalized spacial score (nSPS) is 19.3. The average Bonchev–Trinajstić information content (AvgIpc) is 2.82. The first-order valence-corrected chi connectivity index (χ1v) is 12.4. The molecule has 184 valence electrons. The van der Waals surface area contributed by atoms with Crippen molar-refractivity contribution >= 4 is 27.6 Å². The molecule has 1 heterocycles. The van der Waals surface area contributed by atoms with Crippen molar-refractivity contribution in [1.29, 1.82) is 0 Å². The van der Waals surface area contributed by atoms with Crippen LogP contribution in [0.15, 0.2) is 53.4 Å². The summed E-state index contributed by atoms with van der Waals surface area (Å²) in [6.07, 6.45) is -1.18. The van der Waals surface area contributed by atoms with E-state index in [4.69, 9.17) is 14.2 Å². The molecule has 1 aliphatic rings. The Labute approximate surface area is 200 Å². The summed E-state index contributed by atoms with van der Waals surface area (Å²) < 4.78 is 43.5. The van der Waals surface area contributed by atoms with Crippen molar-refractivity contribution in [1.82, 2.24) is 4.90 Å². The fourth-order valence-electron chi connectivity index (χ4n) is 3.83. The maximum Gasteiger partial charge on any atom is 0.338 e. The molecule has 0 bridgehead atoms. The van der Waals surface area contributed by atoms with E-state index in [1.54, 1.807) is 29.2 Å². The third kappa shape index (κ3) is 5.51. The Bertz CT molecular complexity index is 1120. The Balaban J connectivity index is 1.69. The molecule has 1 aliphatic heterocycles. The number of nitrogens with zero attached hydrogens (tertiary/aromatic N) is 2. The van der Waals surface area contributed by atoms with Gasteiger partial charge in [-0.3, -0.25) is 9.10 Å². The second-order valence-corrected chi connectivity index (χ2v) is 10.2. The van der Waals surface area contributed by atoms with Crippen molar-refractivity contribution in [3.05, 3.63) is 54.1 Å². The zero-order valence-corrected chi connectivity index (χ0v) is 20.7. The summed E-state index contributed by atoms with van der Waals surface area (Å²) in [5.74, 6) is -0.596. The number of hydrogen-bond donors (Lipinski definition) is 0. The number of rotatable bonds is 7. The second kappa shape index (κ2) is 10.4. The molecule has 3 unspecified atom stereocenters. The molecule has 1 fully saturated rings. The van der Waals surface area contributed by atoms with Crippen molar-refractivity contribution in [2.75, 3.05) is 31.6 Å². The third-order valence-electron chi connectivity index (χ3n) is 5.54. The predicted molar refractivity (Wildman–Crippen MR) is 126 cm³/mol. The van der Waals surface area contributed by atoms with E-state index >= 15 is 0 Å². The van der Waals surface area contributed by atoms with Crippen LogP contribution in [0.25, 0.3) is 0 Å². The minimum Gasteiger partial charge on any atom is -0.495 e. The number of amides is 1. The summed E-state index contributed by atoms with van der Waals surface area (Å²) in [5, 5.41) is 0. The minimum atomic E-state index is -3.90. The molecule has 0 spiro atoms. The van der Waals surface area contributed by atoms with Crippen molar-refractivity contribution in [2.45, 2.75) is 44.0 Å². The number of benzene rings is 2. The molecule has 0 N–H and O–H groups in total. The number of anilines is 1. The predicted octanol–water partition coefficient (Wildman–Crippen LogP) is 2.70. The van der Waals surface area contributed by atoms with Crippen molar-refractivity contribution in [3.63, 3.8) is 0 Å². The van der Waals surface area contributed by atoms with Crippen LogP contribution in [0, 0.1) is 0 Å². The first-order valence-electron chi connectivity index (χ1n) is 10.9. The molecule has 3 rings (SSSR count). The number of ether oxygens (including phenoxy) is 3. The Morgan fingerprint density at radius 3 is 2.24 bits per heavy atom. The van der Waals surface area contributed by atoms with Crippen molar-refractivity contribution in [2.24, 2.45) is 0 Å². The van der Waals surface area contributed by atoms with Crippen LogP contribution in [-0.2, 0) is 24.3 Å². The number of carbonyl (C=O) groups excluding carboxylic acids is 2. The molecule has 1 amide bonds. The van der Waals surface area contributed by atoms with E-state index in [0.29, 0.717) is 24.5 Å². The van der Waals surface area contributed by atoms with E-state index in [1.807, 2.05) is 13.8 Å². The Morgan fingerprint density at radius 1 is 1.06 bits per heavy atom. The SMILES string of the molecule is COc1ccccc1N(C)S(=O)(=O)c1ccc(C(=O)OC(C)C(=O)N2CC(C)OC(C)C2)cc1. The van der Waals surface area contributed by atoms with Gasteiger partial charge in [0.25, 0.3) is 15.9 Å². The molecule has 0 radical (unpaired) electrons. The molecule has 3 atom stereocenters. The van der Waals surface area contributed by atoms with Crippen molar-refractivity contribution in [3.8, 4) is 5.75 Å². The van der Waals surface area contributed by atoms with Crippen LogP contribution in [0.1, 0.15) is 31.1 Å². The smallest absolute Gasteiger partial charge is 0.338 e. The highest BCUT2D eigenvalue weighted by atomic mass is 32.2. The molecular weight excluding hydrogens is 460 g/mol. The van der Waals surface area contributed by atoms with E-state index < -0.39 is 22.1 Å². The number of methoxy groups -OCH3 is 1.